The monoisotopic (exact) mass is 214 g/mol. The van der Waals surface area contributed by atoms with Gasteiger partial charge in [0.2, 0.25) is 0 Å². The van der Waals surface area contributed by atoms with Crippen molar-refractivity contribution in [2.75, 3.05) is 33.3 Å². The van der Waals surface area contributed by atoms with Crippen LogP contribution in [-0.4, -0.2) is 61.0 Å². The molecule has 15 heavy (non-hydrogen) atoms. The third-order valence-electron chi connectivity index (χ3n) is 2.82. The van der Waals surface area contributed by atoms with Crippen molar-refractivity contribution >= 4 is 12.4 Å². The van der Waals surface area contributed by atoms with Crippen LogP contribution in [0.2, 0.25) is 0 Å². The Morgan fingerprint density at radius 1 is 1.27 bits per heavy atom. The molecule has 1 aliphatic heterocycles. The van der Waals surface area contributed by atoms with E-state index in [-0.39, 0.29) is 6.09 Å². The van der Waals surface area contributed by atoms with Crippen molar-refractivity contribution in [3.8, 4) is 0 Å². The summed E-state index contributed by atoms with van der Waals surface area (Å²) in [6.07, 6.45) is 0.652. The van der Waals surface area contributed by atoms with E-state index in [1.54, 1.807) is 4.90 Å². The van der Waals surface area contributed by atoms with Gasteiger partial charge in [-0.25, -0.2) is 4.79 Å². The van der Waals surface area contributed by atoms with E-state index in [0.29, 0.717) is 26.2 Å². The Hall–Kier alpha value is -1.10. The highest BCUT2D eigenvalue weighted by atomic mass is 16.5. The fraction of sp³-hybridized carbons (Fsp3) is 0.800. The van der Waals surface area contributed by atoms with Gasteiger partial charge in [0.05, 0.1) is 12.6 Å². The summed E-state index contributed by atoms with van der Waals surface area (Å²) in [5.41, 5.74) is -0.442. The van der Waals surface area contributed by atoms with E-state index in [1.165, 1.54) is 7.11 Å². The van der Waals surface area contributed by atoms with Gasteiger partial charge in [0.25, 0.3) is 0 Å². The third kappa shape index (κ3) is 2.68. The van der Waals surface area contributed by atoms with Crippen LogP contribution in [0.25, 0.3) is 0 Å². The predicted octanol–water partition coefficient (Wildman–Crippen LogP) is 0.348. The normalized spacial score (nSPS) is 18.7. The number of ether oxygens (including phenoxy) is 1. The van der Waals surface area contributed by atoms with Crippen molar-refractivity contribution in [3.05, 3.63) is 0 Å². The zero-order valence-corrected chi connectivity index (χ0v) is 9.52. The molecule has 1 fully saturated rings. The lowest BCUT2D eigenvalue weighted by Gasteiger charge is -2.40. The molecule has 1 amide bonds. The Kier molecular flexibility index (Phi) is 3.68. The van der Waals surface area contributed by atoms with Crippen molar-refractivity contribution in [3.63, 3.8) is 0 Å². The SMILES string of the molecule is COC(=O)N1CCN(C(C)(C)C=O)CC1. The first-order valence-electron chi connectivity index (χ1n) is 5.05. The number of hydrogen-bond acceptors (Lipinski definition) is 4. The van der Waals surface area contributed by atoms with Crippen LogP contribution in [0.4, 0.5) is 4.79 Å². The molecule has 0 saturated carbocycles. The van der Waals surface area contributed by atoms with Crippen molar-refractivity contribution < 1.29 is 14.3 Å². The summed E-state index contributed by atoms with van der Waals surface area (Å²) in [5, 5.41) is 0. The van der Waals surface area contributed by atoms with Crippen LogP contribution in [0.1, 0.15) is 13.8 Å². The molecule has 0 aromatic heterocycles. The summed E-state index contributed by atoms with van der Waals surface area (Å²) >= 11 is 0. The van der Waals surface area contributed by atoms with Gasteiger partial charge in [0.15, 0.2) is 0 Å². The first-order chi connectivity index (χ1) is 7.01. The lowest BCUT2D eigenvalue weighted by Crippen LogP contribution is -2.56. The van der Waals surface area contributed by atoms with E-state index in [9.17, 15) is 9.59 Å². The average Bonchev–Trinajstić information content (AvgIpc) is 2.28. The minimum absolute atomic E-state index is 0.293. The molecule has 0 atom stereocenters. The Balaban J connectivity index is 2.49. The summed E-state index contributed by atoms with van der Waals surface area (Å²) in [6.45, 7) is 6.41. The van der Waals surface area contributed by atoms with E-state index in [4.69, 9.17) is 0 Å². The lowest BCUT2D eigenvalue weighted by molar-refractivity contribution is -0.117. The van der Waals surface area contributed by atoms with Crippen LogP contribution in [0.3, 0.4) is 0 Å². The molecule has 1 rings (SSSR count). The predicted molar refractivity (Wildman–Crippen MR) is 55.7 cm³/mol. The molecule has 5 nitrogen and oxygen atoms in total. The fourth-order valence-electron chi connectivity index (χ4n) is 1.67. The Morgan fingerprint density at radius 2 is 1.80 bits per heavy atom. The van der Waals surface area contributed by atoms with E-state index in [2.05, 4.69) is 9.64 Å². The molecule has 0 aromatic carbocycles. The van der Waals surface area contributed by atoms with E-state index in [1.807, 2.05) is 13.8 Å². The number of piperazine rings is 1. The number of amides is 1. The number of carbonyl (C=O) groups is 2. The summed E-state index contributed by atoms with van der Waals surface area (Å²) in [7, 11) is 1.38. The van der Waals surface area contributed by atoms with Gasteiger partial charge >= 0.3 is 6.09 Å². The smallest absolute Gasteiger partial charge is 0.409 e. The van der Waals surface area contributed by atoms with Gasteiger partial charge in [-0.2, -0.15) is 0 Å². The zero-order chi connectivity index (χ0) is 11.5. The largest absolute Gasteiger partial charge is 0.453 e. The molecule has 0 N–H and O–H groups in total. The van der Waals surface area contributed by atoms with Crippen LogP contribution in [0.5, 0.6) is 0 Å². The van der Waals surface area contributed by atoms with Crippen molar-refractivity contribution in [1.29, 1.82) is 0 Å². The van der Waals surface area contributed by atoms with Gasteiger partial charge in [-0.1, -0.05) is 0 Å². The Labute approximate surface area is 90.0 Å². The summed E-state index contributed by atoms with van der Waals surface area (Å²) in [4.78, 5) is 25.8. The second-order valence-electron chi connectivity index (χ2n) is 4.22. The van der Waals surface area contributed by atoms with Crippen LogP contribution >= 0.6 is 0 Å². The maximum absolute atomic E-state index is 11.2. The molecular weight excluding hydrogens is 196 g/mol. The molecule has 0 radical (unpaired) electrons. The standard InChI is InChI=1S/C10H18N2O3/c1-10(2,8-13)12-6-4-11(5-7-12)9(14)15-3/h8H,4-7H2,1-3H3. The molecule has 0 aromatic rings. The third-order valence-corrected chi connectivity index (χ3v) is 2.82. The molecule has 0 spiro atoms. The Morgan fingerprint density at radius 3 is 2.20 bits per heavy atom. The molecule has 5 heteroatoms. The van der Waals surface area contributed by atoms with Crippen LogP contribution in [0, 0.1) is 0 Å². The minimum atomic E-state index is -0.442. The number of methoxy groups -OCH3 is 1. The highest BCUT2D eigenvalue weighted by Crippen LogP contribution is 2.14. The van der Waals surface area contributed by atoms with Crippen LogP contribution < -0.4 is 0 Å². The second kappa shape index (κ2) is 4.61. The average molecular weight is 214 g/mol. The molecule has 0 bridgehead atoms. The quantitative estimate of drug-likeness (QED) is 0.622. The molecule has 1 aliphatic rings. The first kappa shape index (κ1) is 12.0. The van der Waals surface area contributed by atoms with Gasteiger partial charge in [-0.3, -0.25) is 4.90 Å². The molecule has 86 valence electrons. The van der Waals surface area contributed by atoms with Crippen LogP contribution in [0.15, 0.2) is 0 Å². The maximum Gasteiger partial charge on any atom is 0.409 e. The first-order valence-corrected chi connectivity index (χ1v) is 5.05. The van der Waals surface area contributed by atoms with Crippen molar-refractivity contribution in [1.82, 2.24) is 9.80 Å². The molecule has 1 saturated heterocycles. The molecular formula is C10H18N2O3. The molecule has 0 aliphatic carbocycles. The van der Waals surface area contributed by atoms with E-state index < -0.39 is 5.54 Å². The second-order valence-corrected chi connectivity index (χ2v) is 4.22. The number of rotatable bonds is 2. The van der Waals surface area contributed by atoms with E-state index >= 15 is 0 Å². The van der Waals surface area contributed by atoms with Gasteiger partial charge in [0.1, 0.15) is 6.29 Å². The molecule has 1 heterocycles. The highest BCUT2D eigenvalue weighted by molar-refractivity contribution is 5.67. The number of aldehydes is 1. The summed E-state index contributed by atoms with van der Waals surface area (Å²) < 4.78 is 4.64. The zero-order valence-electron chi connectivity index (χ0n) is 9.52. The number of nitrogens with zero attached hydrogens (tertiary/aromatic N) is 2. The van der Waals surface area contributed by atoms with Gasteiger partial charge in [0, 0.05) is 26.2 Å². The number of hydrogen-bond donors (Lipinski definition) is 0. The minimum Gasteiger partial charge on any atom is -0.453 e. The lowest BCUT2D eigenvalue weighted by atomic mass is 10.0. The van der Waals surface area contributed by atoms with Crippen molar-refractivity contribution in [2.45, 2.75) is 19.4 Å². The van der Waals surface area contributed by atoms with Gasteiger partial charge in [-0.05, 0) is 13.8 Å². The Bertz CT molecular complexity index is 245. The summed E-state index contributed by atoms with van der Waals surface area (Å²) in [6, 6.07) is 0. The molecule has 0 unspecified atom stereocenters. The van der Waals surface area contributed by atoms with E-state index in [0.717, 1.165) is 6.29 Å². The topological polar surface area (TPSA) is 49.9 Å². The van der Waals surface area contributed by atoms with Crippen molar-refractivity contribution in [2.24, 2.45) is 0 Å². The number of carbonyl (C=O) groups excluding carboxylic acids is 2. The van der Waals surface area contributed by atoms with Crippen LogP contribution in [-0.2, 0) is 9.53 Å². The van der Waals surface area contributed by atoms with Gasteiger partial charge < -0.3 is 14.4 Å². The fourth-order valence-corrected chi connectivity index (χ4v) is 1.67. The summed E-state index contributed by atoms with van der Waals surface area (Å²) in [5.74, 6) is 0. The highest BCUT2D eigenvalue weighted by Gasteiger charge is 2.30. The van der Waals surface area contributed by atoms with Gasteiger partial charge in [-0.15, -0.1) is 0 Å². The maximum atomic E-state index is 11.2.